The summed E-state index contributed by atoms with van der Waals surface area (Å²) in [5, 5.41) is 7.22. The molecule has 2 heterocycles. The van der Waals surface area contributed by atoms with Crippen molar-refractivity contribution in [2.45, 2.75) is 38.8 Å². The number of benzene rings is 1. The topological polar surface area (TPSA) is 65.4 Å². The van der Waals surface area contributed by atoms with Gasteiger partial charge in [-0.3, -0.25) is 4.79 Å². The minimum absolute atomic E-state index is 0.0420. The number of fused-ring (bicyclic) bond motifs is 1. The monoisotopic (exact) mass is 351 g/mol. The number of nitrogens with zero attached hydrogens (tertiary/aromatic N) is 2. The molecule has 2 aromatic rings. The van der Waals surface area contributed by atoms with Crippen molar-refractivity contribution in [2.24, 2.45) is 0 Å². The number of rotatable bonds is 5. The quantitative estimate of drug-likeness (QED) is 0.895. The third kappa shape index (κ3) is 3.29. The van der Waals surface area contributed by atoms with Crippen molar-refractivity contribution >= 4 is 11.7 Å². The minimum atomic E-state index is -2.93. The molecule has 0 saturated carbocycles. The lowest BCUT2D eigenvalue weighted by molar-refractivity contribution is -0.116. The van der Waals surface area contributed by atoms with Gasteiger partial charge in [-0.2, -0.15) is 13.9 Å². The molecule has 134 valence electrons. The maximum absolute atomic E-state index is 12.5. The van der Waals surface area contributed by atoms with Gasteiger partial charge in [0.05, 0.1) is 13.3 Å². The molecule has 0 aliphatic carbocycles. The second-order valence-electron chi connectivity index (χ2n) is 6.08. The van der Waals surface area contributed by atoms with Gasteiger partial charge in [-0.05, 0) is 31.5 Å². The number of amides is 1. The highest BCUT2D eigenvalue weighted by atomic mass is 19.3. The van der Waals surface area contributed by atoms with E-state index in [1.165, 1.54) is 13.2 Å². The smallest absolute Gasteiger partial charge is 0.387 e. The Morgan fingerprint density at radius 2 is 2.08 bits per heavy atom. The van der Waals surface area contributed by atoms with Crippen LogP contribution in [0.4, 0.5) is 14.6 Å². The Bertz CT molecular complexity index is 789. The Balaban J connectivity index is 2.01. The van der Waals surface area contributed by atoms with Crippen molar-refractivity contribution in [1.82, 2.24) is 9.78 Å². The lowest BCUT2D eigenvalue weighted by atomic mass is 9.87. The summed E-state index contributed by atoms with van der Waals surface area (Å²) in [5.74, 6) is 0.474. The second kappa shape index (κ2) is 6.70. The highest BCUT2D eigenvalue weighted by Crippen LogP contribution is 2.40. The largest absolute Gasteiger partial charge is 0.493 e. The first-order valence-electron chi connectivity index (χ1n) is 7.90. The molecule has 0 saturated heterocycles. The van der Waals surface area contributed by atoms with Gasteiger partial charge in [-0.25, -0.2) is 4.68 Å². The molecule has 1 aromatic carbocycles. The molecule has 3 rings (SSSR count). The number of carbonyl (C=O) groups excluding carboxylic acids is 1. The van der Waals surface area contributed by atoms with Gasteiger partial charge in [0.15, 0.2) is 11.5 Å². The summed E-state index contributed by atoms with van der Waals surface area (Å²) in [6.07, 6.45) is 1.98. The fraction of sp³-hybridized carbons (Fsp3) is 0.412. The fourth-order valence-electron chi connectivity index (χ4n) is 3.02. The number of anilines is 1. The number of halogens is 2. The molecule has 6 nitrogen and oxygen atoms in total. The number of ether oxygens (including phenoxy) is 2. The Morgan fingerprint density at radius 3 is 2.72 bits per heavy atom. The van der Waals surface area contributed by atoms with Gasteiger partial charge in [0.2, 0.25) is 5.91 Å². The second-order valence-corrected chi connectivity index (χ2v) is 6.08. The number of carbonyl (C=O) groups is 1. The lowest BCUT2D eigenvalue weighted by Gasteiger charge is -2.25. The molecule has 1 aliphatic rings. The summed E-state index contributed by atoms with van der Waals surface area (Å²) in [5.41, 5.74) is 1.66. The molecule has 8 heteroatoms. The molecule has 0 fully saturated rings. The number of nitrogens with one attached hydrogen (secondary N) is 1. The minimum Gasteiger partial charge on any atom is -0.493 e. The summed E-state index contributed by atoms with van der Waals surface area (Å²) in [6, 6.07) is 4.82. The van der Waals surface area contributed by atoms with Crippen LogP contribution < -0.4 is 14.8 Å². The Labute approximate surface area is 143 Å². The molecule has 0 bridgehead atoms. The van der Waals surface area contributed by atoms with Crippen molar-refractivity contribution in [3.63, 3.8) is 0 Å². The van der Waals surface area contributed by atoms with Gasteiger partial charge in [-0.15, -0.1) is 0 Å². The Morgan fingerprint density at radius 1 is 1.32 bits per heavy atom. The van der Waals surface area contributed by atoms with Crippen LogP contribution in [0.5, 0.6) is 11.5 Å². The number of methoxy groups -OCH3 is 1. The molecule has 1 N–H and O–H groups in total. The molecule has 0 radical (unpaired) electrons. The lowest BCUT2D eigenvalue weighted by Crippen LogP contribution is -2.25. The van der Waals surface area contributed by atoms with E-state index in [4.69, 9.17) is 4.74 Å². The van der Waals surface area contributed by atoms with Crippen LogP contribution in [-0.2, 0) is 4.79 Å². The van der Waals surface area contributed by atoms with E-state index in [1.54, 1.807) is 23.0 Å². The summed E-state index contributed by atoms with van der Waals surface area (Å²) < 4.78 is 36.3. The number of alkyl halides is 2. The van der Waals surface area contributed by atoms with E-state index in [0.29, 0.717) is 5.82 Å². The Hall–Kier alpha value is -2.64. The molecular formula is C17H19F2N3O3. The normalized spacial score (nSPS) is 16.8. The highest BCUT2D eigenvalue weighted by Gasteiger charge is 2.31. The zero-order chi connectivity index (χ0) is 18.1. The summed E-state index contributed by atoms with van der Waals surface area (Å²) in [4.78, 5) is 12.1. The predicted molar refractivity (Wildman–Crippen MR) is 87.3 cm³/mol. The molecule has 0 unspecified atom stereocenters. The van der Waals surface area contributed by atoms with Crippen molar-refractivity contribution in [1.29, 1.82) is 0 Å². The van der Waals surface area contributed by atoms with E-state index in [1.807, 2.05) is 13.8 Å². The van der Waals surface area contributed by atoms with Gasteiger partial charge >= 0.3 is 6.61 Å². The van der Waals surface area contributed by atoms with Crippen molar-refractivity contribution in [2.75, 3.05) is 12.4 Å². The van der Waals surface area contributed by atoms with Crippen LogP contribution >= 0.6 is 0 Å². The third-order valence-electron chi connectivity index (χ3n) is 4.14. The Kier molecular flexibility index (Phi) is 4.61. The van der Waals surface area contributed by atoms with E-state index in [0.717, 1.165) is 11.1 Å². The molecule has 0 spiro atoms. The van der Waals surface area contributed by atoms with Gasteiger partial charge in [0.1, 0.15) is 5.82 Å². The first kappa shape index (κ1) is 17.2. The van der Waals surface area contributed by atoms with Crippen LogP contribution in [0.25, 0.3) is 0 Å². The standard InChI is InChI=1S/C17H19F2N3O3/c1-9(2)22-16-12(8-20-22)11(7-15(23)21-16)10-4-5-13(25-17(18)19)14(6-10)24-3/h4-6,8-9,11,17H,7H2,1-3H3,(H,21,23)/t11-/m1/s1. The highest BCUT2D eigenvalue weighted by molar-refractivity contribution is 5.94. The molecule has 1 amide bonds. The van der Waals surface area contributed by atoms with Crippen LogP contribution in [0.2, 0.25) is 0 Å². The van der Waals surface area contributed by atoms with Crippen LogP contribution in [-0.4, -0.2) is 29.4 Å². The fourth-order valence-corrected chi connectivity index (χ4v) is 3.02. The summed E-state index contributed by atoms with van der Waals surface area (Å²) >= 11 is 0. The van der Waals surface area contributed by atoms with Crippen molar-refractivity contribution in [3.05, 3.63) is 35.5 Å². The first-order chi connectivity index (χ1) is 11.9. The first-order valence-corrected chi connectivity index (χ1v) is 7.90. The van der Waals surface area contributed by atoms with Gasteiger partial charge in [0, 0.05) is 23.9 Å². The maximum Gasteiger partial charge on any atom is 0.387 e. The van der Waals surface area contributed by atoms with Gasteiger partial charge in [0.25, 0.3) is 0 Å². The molecule has 1 atom stereocenters. The molecule has 1 aromatic heterocycles. The third-order valence-corrected chi connectivity index (χ3v) is 4.14. The number of hydrogen-bond donors (Lipinski definition) is 1. The average Bonchev–Trinajstić information content (AvgIpc) is 2.97. The van der Waals surface area contributed by atoms with Crippen molar-refractivity contribution in [3.8, 4) is 11.5 Å². The van der Waals surface area contributed by atoms with E-state index in [9.17, 15) is 13.6 Å². The van der Waals surface area contributed by atoms with E-state index >= 15 is 0 Å². The number of hydrogen-bond acceptors (Lipinski definition) is 4. The van der Waals surface area contributed by atoms with Crippen LogP contribution in [0.3, 0.4) is 0 Å². The van der Waals surface area contributed by atoms with Gasteiger partial charge in [-0.1, -0.05) is 6.07 Å². The summed E-state index contributed by atoms with van der Waals surface area (Å²) in [6.45, 7) is 1.02. The van der Waals surface area contributed by atoms with Crippen LogP contribution in [0, 0.1) is 0 Å². The van der Waals surface area contributed by atoms with E-state index < -0.39 is 6.61 Å². The van der Waals surface area contributed by atoms with Crippen molar-refractivity contribution < 1.29 is 23.0 Å². The van der Waals surface area contributed by atoms with Crippen LogP contribution in [0.15, 0.2) is 24.4 Å². The molecule has 25 heavy (non-hydrogen) atoms. The van der Waals surface area contributed by atoms with E-state index in [2.05, 4.69) is 15.2 Å². The summed E-state index contributed by atoms with van der Waals surface area (Å²) in [7, 11) is 1.38. The average molecular weight is 351 g/mol. The SMILES string of the molecule is COc1cc([C@H]2CC(=O)Nc3c2cnn3C(C)C)ccc1OC(F)F. The zero-order valence-corrected chi connectivity index (χ0v) is 14.1. The predicted octanol–water partition coefficient (Wildman–Crippen LogP) is 3.55. The molecular weight excluding hydrogens is 332 g/mol. The van der Waals surface area contributed by atoms with Crippen LogP contribution in [0.1, 0.15) is 43.4 Å². The zero-order valence-electron chi connectivity index (χ0n) is 14.1. The maximum atomic E-state index is 12.5. The van der Waals surface area contributed by atoms with Gasteiger partial charge < -0.3 is 14.8 Å². The molecule has 1 aliphatic heterocycles. The number of aromatic nitrogens is 2. The van der Waals surface area contributed by atoms with E-state index in [-0.39, 0.29) is 35.8 Å².